The predicted molar refractivity (Wildman–Crippen MR) is 79.1 cm³/mol. The molecule has 0 bridgehead atoms. The van der Waals surface area contributed by atoms with E-state index in [-0.39, 0.29) is 0 Å². The fourth-order valence-corrected chi connectivity index (χ4v) is 3.33. The minimum absolute atomic E-state index is 0.446. The second-order valence-corrected chi connectivity index (χ2v) is 5.71. The van der Waals surface area contributed by atoms with Crippen LogP contribution in [0.15, 0.2) is 24.3 Å². The van der Waals surface area contributed by atoms with Crippen molar-refractivity contribution in [3.63, 3.8) is 0 Å². The first-order chi connectivity index (χ1) is 8.65. The molecule has 0 aliphatic carbocycles. The van der Waals surface area contributed by atoms with Gasteiger partial charge in [-0.1, -0.05) is 36.8 Å². The summed E-state index contributed by atoms with van der Waals surface area (Å²) >= 11 is 1.78. The number of nitrogens with zero attached hydrogens (tertiary/aromatic N) is 1. The summed E-state index contributed by atoms with van der Waals surface area (Å²) in [5.41, 5.74) is 9.44. The van der Waals surface area contributed by atoms with Crippen LogP contribution in [0.2, 0.25) is 0 Å². The molecule has 2 aromatic rings. The summed E-state index contributed by atoms with van der Waals surface area (Å²) < 4.78 is 0. The Bertz CT molecular complexity index is 510. The van der Waals surface area contributed by atoms with Crippen molar-refractivity contribution in [1.29, 1.82) is 0 Å². The third kappa shape index (κ3) is 2.62. The predicted octanol–water partition coefficient (Wildman–Crippen LogP) is 3.88. The third-order valence-electron chi connectivity index (χ3n) is 3.28. The molecule has 3 heteroatoms. The van der Waals surface area contributed by atoms with Crippen LogP contribution in [-0.2, 0) is 0 Å². The Morgan fingerprint density at radius 1 is 1.22 bits per heavy atom. The van der Waals surface area contributed by atoms with Crippen LogP contribution in [0.25, 0.3) is 10.6 Å². The molecular weight excluding hydrogens is 240 g/mol. The Morgan fingerprint density at radius 3 is 2.44 bits per heavy atom. The first-order valence-corrected chi connectivity index (χ1v) is 7.21. The highest BCUT2D eigenvalue weighted by molar-refractivity contribution is 7.15. The molecule has 2 nitrogen and oxygen atoms in total. The van der Waals surface area contributed by atoms with Crippen LogP contribution in [-0.4, -0.2) is 11.5 Å². The third-order valence-corrected chi connectivity index (χ3v) is 4.65. The van der Waals surface area contributed by atoms with E-state index in [4.69, 9.17) is 10.7 Å². The summed E-state index contributed by atoms with van der Waals surface area (Å²) in [6, 6.07) is 8.54. The minimum atomic E-state index is 0.446. The summed E-state index contributed by atoms with van der Waals surface area (Å²) in [6.45, 7) is 7.07. The lowest BCUT2D eigenvalue weighted by molar-refractivity contribution is 0.680. The maximum absolute atomic E-state index is 5.83. The van der Waals surface area contributed by atoms with Crippen molar-refractivity contribution < 1.29 is 0 Å². The zero-order valence-corrected chi connectivity index (χ0v) is 12.1. The summed E-state index contributed by atoms with van der Waals surface area (Å²) in [5, 5.41) is 1.11. The van der Waals surface area contributed by atoms with Crippen LogP contribution >= 0.6 is 11.3 Å². The van der Waals surface area contributed by atoms with Gasteiger partial charge in [0.15, 0.2) is 0 Å². The van der Waals surface area contributed by atoms with Gasteiger partial charge in [-0.25, -0.2) is 4.98 Å². The number of benzene rings is 1. The maximum atomic E-state index is 5.83. The molecule has 18 heavy (non-hydrogen) atoms. The van der Waals surface area contributed by atoms with E-state index in [9.17, 15) is 0 Å². The van der Waals surface area contributed by atoms with Crippen LogP contribution in [0, 0.1) is 13.8 Å². The van der Waals surface area contributed by atoms with Gasteiger partial charge in [0.25, 0.3) is 0 Å². The molecule has 0 fully saturated rings. The smallest absolute Gasteiger partial charge is 0.123 e. The second-order valence-electron chi connectivity index (χ2n) is 4.68. The van der Waals surface area contributed by atoms with Gasteiger partial charge in [0.05, 0.1) is 5.69 Å². The van der Waals surface area contributed by atoms with Gasteiger partial charge >= 0.3 is 0 Å². The zero-order chi connectivity index (χ0) is 13.1. The largest absolute Gasteiger partial charge is 0.330 e. The summed E-state index contributed by atoms with van der Waals surface area (Å²) in [7, 11) is 0. The fourth-order valence-electron chi connectivity index (χ4n) is 2.07. The van der Waals surface area contributed by atoms with Gasteiger partial charge < -0.3 is 5.73 Å². The summed E-state index contributed by atoms with van der Waals surface area (Å²) in [5.74, 6) is 0.446. The van der Waals surface area contributed by atoms with E-state index >= 15 is 0 Å². The molecule has 0 saturated heterocycles. The molecule has 0 spiro atoms. The molecule has 1 aromatic heterocycles. The number of rotatable bonds is 4. The van der Waals surface area contributed by atoms with Crippen LogP contribution in [0.4, 0.5) is 0 Å². The molecule has 1 atom stereocenters. The standard InChI is InChI=1S/C15H20N2S/c1-4-12(9-16)14-11(3)17-15(18-14)13-7-5-10(2)6-8-13/h5-8,12H,4,9,16H2,1-3H3. The summed E-state index contributed by atoms with van der Waals surface area (Å²) in [6.07, 6.45) is 1.08. The van der Waals surface area contributed by atoms with Crippen LogP contribution in [0.3, 0.4) is 0 Å². The number of hydrogen-bond acceptors (Lipinski definition) is 3. The lowest BCUT2D eigenvalue weighted by Crippen LogP contribution is -2.11. The van der Waals surface area contributed by atoms with E-state index in [1.807, 2.05) is 0 Å². The van der Waals surface area contributed by atoms with Gasteiger partial charge in [0.1, 0.15) is 5.01 Å². The highest BCUT2D eigenvalue weighted by Gasteiger charge is 2.16. The van der Waals surface area contributed by atoms with Gasteiger partial charge in [0, 0.05) is 22.9 Å². The molecule has 0 aliphatic rings. The van der Waals surface area contributed by atoms with Gasteiger partial charge in [-0.3, -0.25) is 0 Å². The van der Waals surface area contributed by atoms with Crippen LogP contribution in [0.1, 0.15) is 35.4 Å². The topological polar surface area (TPSA) is 38.9 Å². The maximum Gasteiger partial charge on any atom is 0.123 e. The molecule has 0 amide bonds. The van der Waals surface area contributed by atoms with E-state index < -0.39 is 0 Å². The average molecular weight is 260 g/mol. The van der Waals surface area contributed by atoms with E-state index in [0.717, 1.165) is 17.1 Å². The van der Waals surface area contributed by atoms with Crippen molar-refractivity contribution in [2.45, 2.75) is 33.1 Å². The van der Waals surface area contributed by atoms with Crippen molar-refractivity contribution in [3.8, 4) is 10.6 Å². The normalized spacial score (nSPS) is 12.7. The number of aromatic nitrogens is 1. The molecule has 2 N–H and O–H groups in total. The SMILES string of the molecule is CCC(CN)c1sc(-c2ccc(C)cc2)nc1C. The monoisotopic (exact) mass is 260 g/mol. The molecule has 1 aromatic carbocycles. The number of thiazole rings is 1. The fraction of sp³-hybridized carbons (Fsp3) is 0.400. The molecule has 1 heterocycles. The van der Waals surface area contributed by atoms with E-state index in [1.165, 1.54) is 16.0 Å². The van der Waals surface area contributed by atoms with Crippen molar-refractivity contribution in [2.24, 2.45) is 5.73 Å². The number of nitrogens with two attached hydrogens (primary N) is 1. The average Bonchev–Trinajstić information content (AvgIpc) is 2.74. The van der Waals surface area contributed by atoms with Gasteiger partial charge in [-0.05, 0) is 20.3 Å². The lowest BCUT2D eigenvalue weighted by Gasteiger charge is -2.09. The molecule has 1 unspecified atom stereocenters. The summed E-state index contributed by atoms with van der Waals surface area (Å²) in [4.78, 5) is 6.03. The lowest BCUT2D eigenvalue weighted by atomic mass is 10.0. The molecule has 2 rings (SSSR count). The Hall–Kier alpha value is -1.19. The van der Waals surface area contributed by atoms with Gasteiger partial charge in [0.2, 0.25) is 0 Å². The molecule has 0 saturated carbocycles. The second kappa shape index (κ2) is 5.63. The molecule has 0 aliphatic heterocycles. The Balaban J connectivity index is 2.36. The van der Waals surface area contributed by atoms with Crippen molar-refractivity contribution in [2.75, 3.05) is 6.54 Å². The number of aryl methyl sites for hydroxylation is 2. The highest BCUT2D eigenvalue weighted by atomic mass is 32.1. The van der Waals surface area contributed by atoms with Crippen molar-refractivity contribution in [3.05, 3.63) is 40.4 Å². The first-order valence-electron chi connectivity index (χ1n) is 6.40. The van der Waals surface area contributed by atoms with E-state index in [1.54, 1.807) is 11.3 Å². The van der Waals surface area contributed by atoms with E-state index in [2.05, 4.69) is 45.0 Å². The van der Waals surface area contributed by atoms with E-state index in [0.29, 0.717) is 12.5 Å². The quantitative estimate of drug-likeness (QED) is 0.906. The number of hydrogen-bond donors (Lipinski definition) is 1. The van der Waals surface area contributed by atoms with Crippen LogP contribution in [0.5, 0.6) is 0 Å². The Kier molecular flexibility index (Phi) is 4.15. The Morgan fingerprint density at radius 2 is 1.89 bits per heavy atom. The Labute approximate surface area is 113 Å². The van der Waals surface area contributed by atoms with Crippen molar-refractivity contribution >= 4 is 11.3 Å². The van der Waals surface area contributed by atoms with Crippen molar-refractivity contribution in [1.82, 2.24) is 4.98 Å². The van der Waals surface area contributed by atoms with Gasteiger partial charge in [-0.2, -0.15) is 0 Å². The molecular formula is C15H20N2S. The molecule has 96 valence electrons. The highest BCUT2D eigenvalue weighted by Crippen LogP contribution is 2.33. The van der Waals surface area contributed by atoms with Gasteiger partial charge in [-0.15, -0.1) is 11.3 Å². The minimum Gasteiger partial charge on any atom is -0.330 e. The molecule has 0 radical (unpaired) electrons. The zero-order valence-electron chi connectivity index (χ0n) is 11.2. The van der Waals surface area contributed by atoms with Crippen LogP contribution < -0.4 is 5.73 Å². The first kappa shape index (κ1) is 13.2.